The second kappa shape index (κ2) is 15.5. The molecule has 0 N–H and O–H groups in total. The normalized spacial score (nSPS) is 12.7. The van der Waals surface area contributed by atoms with E-state index >= 15 is 0 Å². The first-order valence-electron chi connectivity index (χ1n) is 22.6. The van der Waals surface area contributed by atoms with E-state index in [1.807, 2.05) is 11.3 Å². The number of fused-ring (bicyclic) bond motifs is 7. The van der Waals surface area contributed by atoms with Crippen molar-refractivity contribution in [1.29, 1.82) is 0 Å². The molecule has 13 rings (SSSR count). The molecule has 2 nitrogen and oxygen atoms in total. The molecule has 0 atom stereocenters. The number of nitrogens with zero attached hydrogens (tertiary/aromatic N) is 2. The summed E-state index contributed by atoms with van der Waals surface area (Å²) in [6.07, 6.45) is 0. The quantitative estimate of drug-likeness (QED) is 0.160. The predicted octanol–water partition coefficient (Wildman–Crippen LogP) is 16.7. The minimum absolute atomic E-state index is 0.529. The van der Waals surface area contributed by atoms with Crippen LogP contribution < -0.4 is 0 Å². The van der Waals surface area contributed by atoms with Crippen LogP contribution in [0, 0.1) is 0 Å². The van der Waals surface area contributed by atoms with Gasteiger partial charge in [-0.2, -0.15) is 0 Å². The molecule has 10 aromatic carbocycles. The van der Waals surface area contributed by atoms with E-state index in [0.29, 0.717) is 5.82 Å². The molecule has 0 spiro atoms. The maximum absolute atomic E-state index is 5.50. The molecule has 0 fully saturated rings. The third kappa shape index (κ3) is 6.09. The van der Waals surface area contributed by atoms with Crippen LogP contribution in [0.4, 0.5) is 0 Å². The molecule has 0 unspecified atom stereocenters. The Morgan fingerprint density at radius 1 is 0.333 bits per heavy atom. The zero-order valence-electron chi connectivity index (χ0n) is 35.9. The lowest BCUT2D eigenvalue weighted by molar-refractivity contribution is 0.768. The molecular weight excluding hydrogens is 817 g/mol. The van der Waals surface area contributed by atoms with Crippen LogP contribution >= 0.6 is 11.3 Å². The highest BCUT2D eigenvalue weighted by Crippen LogP contribution is 2.58. The summed E-state index contributed by atoms with van der Waals surface area (Å²) in [5.74, 6) is 0.688. The van der Waals surface area contributed by atoms with E-state index in [4.69, 9.17) is 9.97 Å². The molecule has 1 aliphatic carbocycles. The average Bonchev–Trinajstić information content (AvgIpc) is 3.93. The standard InChI is InChI=1S/C63H40N2S/c1-4-19-42(20-5-1)62-64-56(40-57(65-62)52-29-16-31-55-60(52)51-26-12-14-30-54(51)63(55,48-22-6-2-7-23-48)49-24-8-3-9-25-49)47-38-45(44-35-34-41-18-10-11-21-43(41)36-44)37-46(39-47)50-28-17-33-59-61(50)53-27-13-15-32-58(53)66-59/h1-40H. The fourth-order valence-electron chi connectivity index (χ4n) is 10.6. The fraction of sp³-hybridized carbons (Fsp3) is 0.0159. The highest BCUT2D eigenvalue weighted by molar-refractivity contribution is 7.25. The van der Waals surface area contributed by atoms with Crippen molar-refractivity contribution in [3.8, 4) is 67.3 Å². The SMILES string of the molecule is c1ccc(-c2nc(-c3cc(-c4ccc5ccccc5c4)cc(-c4cccc5sc6ccccc6c45)c3)cc(-c3cccc4c3-c3ccccc3C4(c3ccccc3)c3ccccc3)n2)cc1. The monoisotopic (exact) mass is 856 g/mol. The summed E-state index contributed by atoms with van der Waals surface area (Å²) in [7, 11) is 0. The summed E-state index contributed by atoms with van der Waals surface area (Å²) >= 11 is 1.85. The van der Waals surface area contributed by atoms with E-state index in [-0.39, 0.29) is 0 Å². The lowest BCUT2D eigenvalue weighted by Crippen LogP contribution is -2.28. The van der Waals surface area contributed by atoms with Gasteiger partial charge < -0.3 is 0 Å². The minimum Gasteiger partial charge on any atom is -0.228 e. The van der Waals surface area contributed by atoms with Crippen molar-refractivity contribution in [3.05, 3.63) is 265 Å². The number of aromatic nitrogens is 2. The highest BCUT2D eigenvalue weighted by atomic mass is 32.1. The van der Waals surface area contributed by atoms with Crippen molar-refractivity contribution >= 4 is 42.3 Å². The second-order valence-electron chi connectivity index (χ2n) is 17.2. The Morgan fingerprint density at radius 2 is 0.924 bits per heavy atom. The predicted molar refractivity (Wildman–Crippen MR) is 277 cm³/mol. The molecule has 0 bridgehead atoms. The maximum Gasteiger partial charge on any atom is 0.160 e. The molecule has 0 amide bonds. The van der Waals surface area contributed by atoms with E-state index in [2.05, 4.69) is 243 Å². The highest BCUT2D eigenvalue weighted by Gasteiger charge is 2.46. The van der Waals surface area contributed by atoms with Crippen LogP contribution in [0.25, 0.3) is 98.2 Å². The molecule has 1 aliphatic rings. The molecule has 0 saturated heterocycles. The van der Waals surface area contributed by atoms with E-state index in [0.717, 1.165) is 44.8 Å². The van der Waals surface area contributed by atoms with Crippen molar-refractivity contribution in [1.82, 2.24) is 9.97 Å². The van der Waals surface area contributed by atoms with Gasteiger partial charge in [0.25, 0.3) is 0 Å². The van der Waals surface area contributed by atoms with Crippen LogP contribution in [-0.2, 0) is 5.41 Å². The van der Waals surface area contributed by atoms with Gasteiger partial charge in [0.15, 0.2) is 5.82 Å². The first kappa shape index (κ1) is 38.2. The Bertz CT molecular complexity index is 3780. The number of hydrogen-bond donors (Lipinski definition) is 0. The van der Waals surface area contributed by atoms with Gasteiger partial charge in [0.2, 0.25) is 0 Å². The summed E-state index contributed by atoms with van der Waals surface area (Å²) in [5.41, 5.74) is 16.4. The smallest absolute Gasteiger partial charge is 0.160 e. The molecule has 0 saturated carbocycles. The Kier molecular flexibility index (Phi) is 8.97. The zero-order chi connectivity index (χ0) is 43.6. The molecule has 308 valence electrons. The topological polar surface area (TPSA) is 25.8 Å². The Labute approximate surface area is 387 Å². The van der Waals surface area contributed by atoms with Gasteiger partial charge in [-0.15, -0.1) is 11.3 Å². The van der Waals surface area contributed by atoms with Gasteiger partial charge in [-0.25, -0.2) is 9.97 Å². The van der Waals surface area contributed by atoms with E-state index in [1.165, 1.54) is 69.9 Å². The molecule has 66 heavy (non-hydrogen) atoms. The summed E-state index contributed by atoms with van der Waals surface area (Å²) in [6.45, 7) is 0. The van der Waals surface area contributed by atoms with Crippen molar-refractivity contribution < 1.29 is 0 Å². The third-order valence-corrected chi connectivity index (χ3v) is 14.7. The van der Waals surface area contributed by atoms with Crippen LogP contribution in [0.2, 0.25) is 0 Å². The van der Waals surface area contributed by atoms with Gasteiger partial charge in [-0.3, -0.25) is 0 Å². The van der Waals surface area contributed by atoms with Crippen LogP contribution in [0.15, 0.2) is 243 Å². The van der Waals surface area contributed by atoms with Gasteiger partial charge in [0.1, 0.15) is 0 Å². The lowest BCUT2D eigenvalue weighted by atomic mass is 9.67. The summed E-state index contributed by atoms with van der Waals surface area (Å²) in [6, 6.07) is 88.3. The Balaban J connectivity index is 1.08. The van der Waals surface area contributed by atoms with Gasteiger partial charge >= 0.3 is 0 Å². The van der Waals surface area contributed by atoms with E-state index in [1.54, 1.807) is 0 Å². The lowest BCUT2D eigenvalue weighted by Gasteiger charge is -2.33. The van der Waals surface area contributed by atoms with Gasteiger partial charge in [0.05, 0.1) is 16.8 Å². The van der Waals surface area contributed by atoms with Crippen molar-refractivity contribution in [2.24, 2.45) is 0 Å². The molecule has 3 heteroatoms. The number of hydrogen-bond acceptors (Lipinski definition) is 3. The van der Waals surface area contributed by atoms with Crippen LogP contribution in [0.5, 0.6) is 0 Å². The summed E-state index contributed by atoms with van der Waals surface area (Å²) < 4.78 is 2.57. The molecule has 12 aromatic rings. The molecule has 0 aliphatic heterocycles. The van der Waals surface area contributed by atoms with Crippen molar-refractivity contribution in [2.75, 3.05) is 0 Å². The first-order chi connectivity index (χ1) is 32.7. The maximum atomic E-state index is 5.50. The summed E-state index contributed by atoms with van der Waals surface area (Å²) in [4.78, 5) is 11.0. The molecule has 2 aromatic heterocycles. The number of thiophene rings is 1. The largest absolute Gasteiger partial charge is 0.228 e. The fourth-order valence-corrected chi connectivity index (χ4v) is 11.8. The van der Waals surface area contributed by atoms with Gasteiger partial charge in [0, 0.05) is 36.9 Å². The second-order valence-corrected chi connectivity index (χ2v) is 18.3. The third-order valence-electron chi connectivity index (χ3n) is 13.5. The Morgan fingerprint density at radius 3 is 1.74 bits per heavy atom. The van der Waals surface area contributed by atoms with Gasteiger partial charge in [-0.05, 0) is 109 Å². The molecule has 2 heterocycles. The average molecular weight is 857 g/mol. The van der Waals surface area contributed by atoms with Crippen LogP contribution in [0.1, 0.15) is 22.3 Å². The number of rotatable bonds is 7. The molecular formula is C63H40N2S. The summed E-state index contributed by atoms with van der Waals surface area (Å²) in [5, 5.41) is 5.00. The minimum atomic E-state index is -0.529. The van der Waals surface area contributed by atoms with E-state index in [9.17, 15) is 0 Å². The van der Waals surface area contributed by atoms with Gasteiger partial charge in [-0.1, -0.05) is 200 Å². The van der Waals surface area contributed by atoms with Crippen molar-refractivity contribution in [3.63, 3.8) is 0 Å². The van der Waals surface area contributed by atoms with Crippen LogP contribution in [-0.4, -0.2) is 9.97 Å². The van der Waals surface area contributed by atoms with E-state index < -0.39 is 5.41 Å². The Hall–Kier alpha value is -8.24. The zero-order valence-corrected chi connectivity index (χ0v) is 36.7. The van der Waals surface area contributed by atoms with Crippen LogP contribution in [0.3, 0.4) is 0 Å². The number of benzene rings is 10. The van der Waals surface area contributed by atoms with Crippen molar-refractivity contribution in [2.45, 2.75) is 5.41 Å². The first-order valence-corrected chi connectivity index (χ1v) is 23.4. The molecule has 0 radical (unpaired) electrons.